The van der Waals surface area contributed by atoms with Gasteiger partial charge in [0.15, 0.2) is 5.75 Å². The van der Waals surface area contributed by atoms with Crippen molar-refractivity contribution in [2.75, 3.05) is 57.4 Å². The summed E-state index contributed by atoms with van der Waals surface area (Å²) in [5.74, 6) is -0.972. The van der Waals surface area contributed by atoms with E-state index >= 15 is 4.39 Å². The Bertz CT molecular complexity index is 1640. The number of morpholine rings is 1. The third kappa shape index (κ3) is 5.38. The van der Waals surface area contributed by atoms with Crippen molar-refractivity contribution in [2.45, 2.75) is 38.4 Å². The van der Waals surface area contributed by atoms with E-state index in [1.165, 1.54) is 12.1 Å². The monoisotopic (exact) mass is 613 g/mol. The van der Waals surface area contributed by atoms with Crippen LogP contribution in [0.4, 0.5) is 14.6 Å². The van der Waals surface area contributed by atoms with Gasteiger partial charge in [0.1, 0.15) is 24.1 Å². The molecule has 1 amide bonds. The molecule has 2 saturated heterocycles. The largest absolute Gasteiger partial charge is 0.488 e. The second-order valence-electron chi connectivity index (χ2n) is 11.4. The minimum atomic E-state index is -0.788. The molecule has 2 fully saturated rings. The number of carbonyl (C=O) groups is 1. The molecule has 3 aromatic rings. The fraction of sp³-hybridized carbons (Fsp3) is 0.452. The summed E-state index contributed by atoms with van der Waals surface area (Å²) in [6, 6.07) is 4.30. The van der Waals surface area contributed by atoms with Crippen molar-refractivity contribution >= 4 is 34.2 Å². The zero-order chi connectivity index (χ0) is 30.4. The van der Waals surface area contributed by atoms with Crippen LogP contribution in [0.5, 0.6) is 5.75 Å². The normalized spacial score (nSPS) is 22.5. The standard InChI is InChI=1S/C31H34ClF2N5O4/c1-4-26(40)37-15-19(3)38(16-18(37)2)30-23-14-24(32)27(22-6-5-20(33)13-25(22)34)29-28(23)39(31(41)35-30)21(17-43-29)7-8-36-9-11-42-12-10-36/h4-6,13-14,18-19,21H,1,7-12,15-17H2,2-3H3/t18-,19+,21+/m1/s1. The summed E-state index contributed by atoms with van der Waals surface area (Å²) in [5.41, 5.74) is 0.356. The van der Waals surface area contributed by atoms with Crippen LogP contribution in [-0.2, 0) is 9.53 Å². The maximum Gasteiger partial charge on any atom is 0.350 e. The summed E-state index contributed by atoms with van der Waals surface area (Å²) < 4.78 is 42.4. The van der Waals surface area contributed by atoms with Gasteiger partial charge in [-0.25, -0.2) is 13.6 Å². The molecule has 0 bridgehead atoms. The van der Waals surface area contributed by atoms with Crippen LogP contribution >= 0.6 is 11.6 Å². The Morgan fingerprint density at radius 2 is 1.93 bits per heavy atom. The second kappa shape index (κ2) is 11.9. The molecule has 3 aliphatic rings. The summed E-state index contributed by atoms with van der Waals surface area (Å²) in [5, 5.41) is 0.777. The predicted octanol–water partition coefficient (Wildman–Crippen LogP) is 4.26. The summed E-state index contributed by atoms with van der Waals surface area (Å²) in [6.45, 7) is 12.2. The number of carbonyl (C=O) groups excluding carboxylic acids is 1. The number of ether oxygens (including phenoxy) is 2. The second-order valence-corrected chi connectivity index (χ2v) is 11.8. The van der Waals surface area contributed by atoms with Crippen molar-refractivity contribution in [2.24, 2.45) is 0 Å². The number of nitrogens with zero attached hydrogens (tertiary/aromatic N) is 5. The molecule has 4 heterocycles. The minimum absolute atomic E-state index is 0.0750. The fourth-order valence-electron chi connectivity index (χ4n) is 6.44. The lowest BCUT2D eigenvalue weighted by Gasteiger charge is -2.45. The third-order valence-corrected chi connectivity index (χ3v) is 8.98. The number of hydrogen-bond acceptors (Lipinski definition) is 7. The molecular formula is C31H34ClF2N5O4. The first kappa shape index (κ1) is 29.5. The number of halogens is 3. The molecule has 0 unspecified atom stereocenters. The molecular weight excluding hydrogens is 580 g/mol. The average molecular weight is 614 g/mol. The average Bonchev–Trinajstić information content (AvgIpc) is 2.99. The lowest BCUT2D eigenvalue weighted by atomic mass is 9.98. The summed E-state index contributed by atoms with van der Waals surface area (Å²) in [4.78, 5) is 37.0. The first-order valence-electron chi connectivity index (χ1n) is 14.5. The van der Waals surface area contributed by atoms with Crippen molar-refractivity contribution in [1.82, 2.24) is 19.4 Å². The van der Waals surface area contributed by atoms with Gasteiger partial charge >= 0.3 is 5.69 Å². The number of piperazine rings is 1. The molecule has 0 spiro atoms. The van der Waals surface area contributed by atoms with Gasteiger partial charge in [-0.1, -0.05) is 18.2 Å². The zero-order valence-corrected chi connectivity index (χ0v) is 24.9. The van der Waals surface area contributed by atoms with E-state index in [0.29, 0.717) is 49.4 Å². The van der Waals surface area contributed by atoms with Crippen LogP contribution in [0.3, 0.4) is 0 Å². The van der Waals surface area contributed by atoms with Gasteiger partial charge in [-0.2, -0.15) is 4.98 Å². The molecule has 43 heavy (non-hydrogen) atoms. The molecule has 0 radical (unpaired) electrons. The number of rotatable bonds is 6. The van der Waals surface area contributed by atoms with Crippen molar-refractivity contribution < 1.29 is 23.0 Å². The molecule has 0 N–H and O–H groups in total. The summed E-state index contributed by atoms with van der Waals surface area (Å²) in [7, 11) is 0. The molecule has 3 aliphatic heterocycles. The number of amides is 1. The Morgan fingerprint density at radius 3 is 2.65 bits per heavy atom. The van der Waals surface area contributed by atoms with Crippen LogP contribution in [0.25, 0.3) is 22.0 Å². The van der Waals surface area contributed by atoms with Gasteiger partial charge in [-0.3, -0.25) is 14.3 Å². The highest BCUT2D eigenvalue weighted by molar-refractivity contribution is 6.35. The smallest absolute Gasteiger partial charge is 0.350 e. The van der Waals surface area contributed by atoms with E-state index in [4.69, 9.17) is 21.1 Å². The first-order chi connectivity index (χ1) is 20.7. The first-order valence-corrected chi connectivity index (χ1v) is 14.9. The van der Waals surface area contributed by atoms with E-state index in [2.05, 4.69) is 16.5 Å². The summed E-state index contributed by atoms with van der Waals surface area (Å²) in [6.07, 6.45) is 1.93. The Labute approximate surface area is 253 Å². The van der Waals surface area contributed by atoms with E-state index in [0.717, 1.165) is 31.8 Å². The lowest BCUT2D eigenvalue weighted by Crippen LogP contribution is -2.58. The lowest BCUT2D eigenvalue weighted by molar-refractivity contribution is -0.128. The molecule has 0 saturated carbocycles. The number of hydrogen-bond donors (Lipinski definition) is 0. The van der Waals surface area contributed by atoms with E-state index in [-0.39, 0.29) is 52.5 Å². The predicted molar refractivity (Wildman–Crippen MR) is 161 cm³/mol. The number of benzene rings is 2. The molecule has 228 valence electrons. The number of aromatic nitrogens is 2. The molecule has 6 rings (SSSR count). The van der Waals surface area contributed by atoms with E-state index in [1.54, 1.807) is 15.5 Å². The van der Waals surface area contributed by atoms with E-state index in [1.807, 2.05) is 18.7 Å². The molecule has 12 heteroatoms. The third-order valence-electron chi connectivity index (χ3n) is 8.68. The van der Waals surface area contributed by atoms with Crippen LogP contribution in [0, 0.1) is 11.6 Å². The molecule has 2 aromatic carbocycles. The van der Waals surface area contributed by atoms with Crippen molar-refractivity contribution in [3.05, 3.63) is 64.1 Å². The van der Waals surface area contributed by atoms with Gasteiger partial charge < -0.3 is 19.3 Å². The van der Waals surface area contributed by atoms with Crippen LogP contribution in [0.15, 0.2) is 41.7 Å². The highest BCUT2D eigenvalue weighted by Crippen LogP contribution is 2.47. The topological polar surface area (TPSA) is 80.1 Å². The van der Waals surface area contributed by atoms with Gasteiger partial charge in [0.05, 0.1) is 29.8 Å². The SMILES string of the molecule is C=CC(=O)N1C[C@H](C)N(c2nc(=O)n3c4c(c(-c5ccc(F)cc5F)c(Cl)cc24)OC[C@@H]3CCN2CCOCC2)C[C@H]1C. The molecule has 3 atom stereocenters. The fourth-order valence-corrected chi connectivity index (χ4v) is 6.73. The van der Waals surface area contributed by atoms with Crippen molar-refractivity contribution in [3.8, 4) is 16.9 Å². The molecule has 0 aliphatic carbocycles. The Kier molecular flexibility index (Phi) is 8.14. The maximum atomic E-state index is 15.1. The van der Waals surface area contributed by atoms with Gasteiger partial charge in [-0.05, 0) is 44.5 Å². The van der Waals surface area contributed by atoms with E-state index < -0.39 is 17.3 Å². The van der Waals surface area contributed by atoms with Gasteiger partial charge in [0, 0.05) is 67.4 Å². The highest BCUT2D eigenvalue weighted by atomic mass is 35.5. The Morgan fingerprint density at radius 1 is 1.16 bits per heavy atom. The highest BCUT2D eigenvalue weighted by Gasteiger charge is 2.36. The van der Waals surface area contributed by atoms with Crippen LogP contribution in [-0.4, -0.2) is 89.9 Å². The van der Waals surface area contributed by atoms with Crippen LogP contribution < -0.4 is 15.3 Å². The Balaban J connectivity index is 1.50. The van der Waals surface area contributed by atoms with Crippen LogP contribution in [0.2, 0.25) is 5.02 Å². The van der Waals surface area contributed by atoms with Gasteiger partial charge in [-0.15, -0.1) is 0 Å². The summed E-state index contributed by atoms with van der Waals surface area (Å²) >= 11 is 6.85. The molecule has 9 nitrogen and oxygen atoms in total. The van der Waals surface area contributed by atoms with E-state index in [9.17, 15) is 14.0 Å². The number of anilines is 1. The molecule has 1 aromatic heterocycles. The minimum Gasteiger partial charge on any atom is -0.488 e. The van der Waals surface area contributed by atoms with Gasteiger partial charge in [0.2, 0.25) is 5.91 Å². The quantitative estimate of drug-likeness (QED) is 0.385. The van der Waals surface area contributed by atoms with Crippen LogP contribution in [0.1, 0.15) is 26.3 Å². The van der Waals surface area contributed by atoms with Crippen molar-refractivity contribution in [1.29, 1.82) is 0 Å². The van der Waals surface area contributed by atoms with Gasteiger partial charge in [0.25, 0.3) is 0 Å². The maximum absolute atomic E-state index is 15.1. The Hall–Kier alpha value is -3.54. The zero-order valence-electron chi connectivity index (χ0n) is 24.2. The van der Waals surface area contributed by atoms with Crippen molar-refractivity contribution in [3.63, 3.8) is 0 Å².